The zero-order valence-corrected chi connectivity index (χ0v) is 19.2. The molecule has 0 fully saturated rings. The Morgan fingerprint density at radius 1 is 1.00 bits per heavy atom. The van der Waals surface area contributed by atoms with Crippen LogP contribution in [0.5, 0.6) is 5.75 Å². The van der Waals surface area contributed by atoms with Crippen molar-refractivity contribution in [2.24, 2.45) is 0 Å². The van der Waals surface area contributed by atoms with Gasteiger partial charge < -0.3 is 14.8 Å². The molecular weight excluding hydrogens is 422 g/mol. The second kappa shape index (κ2) is 10.0. The minimum absolute atomic E-state index is 0.290. The van der Waals surface area contributed by atoms with Gasteiger partial charge in [0.15, 0.2) is 6.10 Å². The van der Waals surface area contributed by atoms with E-state index in [1.165, 1.54) is 16.2 Å². The van der Waals surface area contributed by atoms with Crippen molar-refractivity contribution in [3.8, 4) is 16.9 Å². The third kappa shape index (κ3) is 4.86. The predicted molar refractivity (Wildman–Crippen MR) is 128 cm³/mol. The highest BCUT2D eigenvalue weighted by atomic mass is 32.1. The molecule has 1 unspecified atom stereocenters. The van der Waals surface area contributed by atoms with E-state index in [1.807, 2.05) is 54.6 Å². The Labute approximate surface area is 192 Å². The number of rotatable bonds is 7. The molecule has 2 aromatic carbocycles. The average Bonchev–Trinajstić information content (AvgIpc) is 3.18. The molecule has 166 valence electrons. The maximum atomic E-state index is 12.9. The summed E-state index contributed by atoms with van der Waals surface area (Å²) in [6.07, 6.45) is 3.20. The molecule has 6 heteroatoms. The molecule has 1 aliphatic carbocycles. The van der Waals surface area contributed by atoms with Crippen molar-refractivity contribution in [1.29, 1.82) is 0 Å². The van der Waals surface area contributed by atoms with Gasteiger partial charge in [-0.1, -0.05) is 42.5 Å². The van der Waals surface area contributed by atoms with Crippen LogP contribution in [0, 0.1) is 0 Å². The van der Waals surface area contributed by atoms with Gasteiger partial charge in [-0.3, -0.25) is 4.79 Å². The number of anilines is 1. The number of thiophene rings is 1. The normalized spacial score (nSPS) is 13.7. The van der Waals surface area contributed by atoms with Crippen LogP contribution in [0.3, 0.4) is 0 Å². The molecule has 1 aromatic heterocycles. The third-order valence-electron chi connectivity index (χ3n) is 5.53. The van der Waals surface area contributed by atoms with E-state index in [9.17, 15) is 9.59 Å². The summed E-state index contributed by atoms with van der Waals surface area (Å²) in [4.78, 5) is 26.6. The molecule has 1 atom stereocenters. The summed E-state index contributed by atoms with van der Waals surface area (Å²) in [7, 11) is 0. The van der Waals surface area contributed by atoms with Gasteiger partial charge in [0, 0.05) is 4.88 Å². The Hall–Kier alpha value is -3.12. The van der Waals surface area contributed by atoms with E-state index in [0.29, 0.717) is 22.9 Å². The fraction of sp³-hybridized carbons (Fsp3) is 0.308. The Balaban J connectivity index is 1.46. The molecule has 3 aromatic rings. The van der Waals surface area contributed by atoms with Crippen LogP contribution >= 0.6 is 11.3 Å². The van der Waals surface area contributed by atoms with Crippen LogP contribution < -0.4 is 10.1 Å². The first kappa shape index (κ1) is 22.1. The molecule has 0 radical (unpaired) electrons. The van der Waals surface area contributed by atoms with E-state index >= 15 is 0 Å². The maximum Gasteiger partial charge on any atom is 0.341 e. The SMILES string of the molecule is CCOC(=O)c1c(NC(=O)C(C)Oc2ccc(-c3ccccc3)cc2)sc2c1CCCC2. The van der Waals surface area contributed by atoms with Crippen molar-refractivity contribution in [2.45, 2.75) is 45.6 Å². The molecular formula is C26H27NO4S. The number of hydrogen-bond donors (Lipinski definition) is 1. The number of fused-ring (bicyclic) bond motifs is 1. The molecule has 1 heterocycles. The van der Waals surface area contributed by atoms with Gasteiger partial charge in [-0.15, -0.1) is 11.3 Å². The van der Waals surface area contributed by atoms with Gasteiger partial charge >= 0.3 is 5.97 Å². The van der Waals surface area contributed by atoms with E-state index < -0.39 is 6.10 Å². The molecule has 32 heavy (non-hydrogen) atoms. The first-order valence-corrected chi connectivity index (χ1v) is 11.8. The second-order valence-electron chi connectivity index (χ2n) is 7.78. The van der Waals surface area contributed by atoms with Crippen LogP contribution in [0.1, 0.15) is 47.5 Å². The summed E-state index contributed by atoms with van der Waals surface area (Å²) in [6, 6.07) is 17.8. The maximum absolute atomic E-state index is 12.9. The minimum atomic E-state index is -0.716. The molecule has 0 saturated carbocycles. The minimum Gasteiger partial charge on any atom is -0.481 e. The zero-order chi connectivity index (χ0) is 22.5. The van der Waals surface area contributed by atoms with E-state index in [1.54, 1.807) is 13.8 Å². The van der Waals surface area contributed by atoms with Crippen LogP contribution in [0.15, 0.2) is 54.6 Å². The van der Waals surface area contributed by atoms with E-state index in [0.717, 1.165) is 42.4 Å². The molecule has 0 saturated heterocycles. The number of benzene rings is 2. The lowest BCUT2D eigenvalue weighted by atomic mass is 9.95. The number of aryl methyl sites for hydroxylation is 1. The number of carbonyl (C=O) groups excluding carboxylic acids is 2. The predicted octanol–water partition coefficient (Wildman–Crippen LogP) is 5.88. The topological polar surface area (TPSA) is 64.6 Å². The van der Waals surface area contributed by atoms with Gasteiger partial charge in [0.2, 0.25) is 0 Å². The molecule has 0 spiro atoms. The van der Waals surface area contributed by atoms with E-state index in [-0.39, 0.29) is 11.9 Å². The monoisotopic (exact) mass is 449 g/mol. The van der Waals surface area contributed by atoms with Crippen LogP contribution in [0.4, 0.5) is 5.00 Å². The summed E-state index contributed by atoms with van der Waals surface area (Å²) in [5.74, 6) is -0.0445. The highest BCUT2D eigenvalue weighted by Gasteiger charge is 2.28. The quantitative estimate of drug-likeness (QED) is 0.458. The number of hydrogen-bond acceptors (Lipinski definition) is 5. The summed E-state index contributed by atoms with van der Waals surface area (Å²) in [5, 5.41) is 3.48. The summed E-state index contributed by atoms with van der Waals surface area (Å²) >= 11 is 1.48. The average molecular weight is 450 g/mol. The lowest BCUT2D eigenvalue weighted by molar-refractivity contribution is -0.122. The molecule has 1 aliphatic rings. The highest BCUT2D eigenvalue weighted by Crippen LogP contribution is 2.38. The lowest BCUT2D eigenvalue weighted by Crippen LogP contribution is -2.30. The number of nitrogens with one attached hydrogen (secondary N) is 1. The standard InChI is InChI=1S/C26H27NO4S/c1-3-30-26(29)23-21-11-7-8-12-22(21)32-25(23)27-24(28)17(2)31-20-15-13-19(14-16-20)18-9-5-4-6-10-18/h4-6,9-10,13-17H,3,7-8,11-12H2,1-2H3,(H,27,28). The summed E-state index contributed by atoms with van der Waals surface area (Å²) in [5.41, 5.74) is 3.75. The number of amides is 1. The molecule has 1 N–H and O–H groups in total. The lowest BCUT2D eigenvalue weighted by Gasteiger charge is -2.15. The molecule has 0 bridgehead atoms. The fourth-order valence-corrected chi connectivity index (χ4v) is 5.18. The molecule has 0 aliphatic heterocycles. The Kier molecular flexibility index (Phi) is 6.90. The van der Waals surface area contributed by atoms with Gasteiger partial charge in [-0.2, -0.15) is 0 Å². The van der Waals surface area contributed by atoms with Gasteiger partial charge in [0.1, 0.15) is 10.8 Å². The van der Waals surface area contributed by atoms with Crippen molar-refractivity contribution < 1.29 is 19.1 Å². The van der Waals surface area contributed by atoms with Gasteiger partial charge in [-0.05, 0) is 68.4 Å². The zero-order valence-electron chi connectivity index (χ0n) is 18.4. The van der Waals surface area contributed by atoms with Crippen LogP contribution in [0.25, 0.3) is 11.1 Å². The number of carbonyl (C=O) groups is 2. The van der Waals surface area contributed by atoms with Crippen molar-refractivity contribution in [2.75, 3.05) is 11.9 Å². The van der Waals surface area contributed by atoms with Crippen LogP contribution in [-0.2, 0) is 22.4 Å². The van der Waals surface area contributed by atoms with Crippen LogP contribution in [-0.4, -0.2) is 24.6 Å². The fourth-order valence-electron chi connectivity index (χ4n) is 3.90. The van der Waals surface area contributed by atoms with Gasteiger partial charge in [-0.25, -0.2) is 4.79 Å². The Bertz CT molecular complexity index is 1090. The second-order valence-corrected chi connectivity index (χ2v) is 8.88. The molecule has 4 rings (SSSR count). The Morgan fingerprint density at radius 3 is 2.41 bits per heavy atom. The highest BCUT2D eigenvalue weighted by molar-refractivity contribution is 7.17. The van der Waals surface area contributed by atoms with E-state index in [4.69, 9.17) is 9.47 Å². The molecule has 5 nitrogen and oxygen atoms in total. The smallest absolute Gasteiger partial charge is 0.341 e. The first-order valence-electron chi connectivity index (χ1n) is 11.0. The first-order chi connectivity index (χ1) is 15.6. The number of esters is 1. The van der Waals surface area contributed by atoms with Crippen molar-refractivity contribution in [1.82, 2.24) is 0 Å². The summed E-state index contributed by atoms with van der Waals surface area (Å²) in [6.45, 7) is 3.79. The van der Waals surface area contributed by atoms with E-state index in [2.05, 4.69) is 5.32 Å². The van der Waals surface area contributed by atoms with Gasteiger partial charge in [0.05, 0.1) is 12.2 Å². The Morgan fingerprint density at radius 2 is 1.69 bits per heavy atom. The van der Waals surface area contributed by atoms with Crippen LogP contribution in [0.2, 0.25) is 0 Å². The number of ether oxygens (including phenoxy) is 2. The summed E-state index contributed by atoms with van der Waals surface area (Å²) < 4.78 is 11.1. The molecule has 1 amide bonds. The third-order valence-corrected chi connectivity index (χ3v) is 6.74. The van der Waals surface area contributed by atoms with Crippen molar-refractivity contribution >= 4 is 28.2 Å². The van der Waals surface area contributed by atoms with Crippen molar-refractivity contribution in [3.05, 3.63) is 70.6 Å². The van der Waals surface area contributed by atoms with Crippen molar-refractivity contribution in [3.63, 3.8) is 0 Å². The van der Waals surface area contributed by atoms with Gasteiger partial charge in [0.25, 0.3) is 5.91 Å². The largest absolute Gasteiger partial charge is 0.481 e.